The monoisotopic (exact) mass is 124 g/mol. The van der Waals surface area contributed by atoms with E-state index in [4.69, 9.17) is 0 Å². The van der Waals surface area contributed by atoms with Gasteiger partial charge in [0.15, 0.2) is 0 Å². The van der Waals surface area contributed by atoms with E-state index in [0.29, 0.717) is 5.92 Å². The molecule has 0 heterocycles. The second-order valence-corrected chi connectivity index (χ2v) is 2.02. The third-order valence-corrected chi connectivity index (χ3v) is 1.06. The molecule has 0 spiro atoms. The van der Waals surface area contributed by atoms with E-state index in [-0.39, 0.29) is 0 Å². The maximum Gasteiger partial charge on any atom is 0.142 e. The molecule has 0 rings (SSSR count). The maximum atomic E-state index is 9.80. The quantitative estimate of drug-likeness (QED) is 0.318. The molecule has 0 saturated carbocycles. The molecule has 1 unspecified atom stereocenters. The van der Waals surface area contributed by atoms with Gasteiger partial charge in [0.2, 0.25) is 0 Å². The summed E-state index contributed by atoms with van der Waals surface area (Å²) < 4.78 is 0. The summed E-state index contributed by atoms with van der Waals surface area (Å²) in [5.41, 5.74) is 0. The Labute approximate surface area is 56.1 Å². The summed E-state index contributed by atoms with van der Waals surface area (Å²) in [6, 6.07) is 0. The third kappa shape index (κ3) is 5.01. The minimum Gasteiger partial charge on any atom is -0.299 e. The van der Waals surface area contributed by atoms with Crippen molar-refractivity contribution in [3.63, 3.8) is 0 Å². The fourth-order valence-electron chi connectivity index (χ4n) is 0.576. The summed E-state index contributed by atoms with van der Waals surface area (Å²) in [6.45, 7) is 5.63. The van der Waals surface area contributed by atoms with Crippen molar-refractivity contribution < 1.29 is 4.79 Å². The molecule has 0 N–H and O–H groups in total. The van der Waals surface area contributed by atoms with Gasteiger partial charge in [0, 0.05) is 0 Å². The lowest BCUT2D eigenvalue weighted by Gasteiger charge is -1.96. The van der Waals surface area contributed by atoms with Crippen LogP contribution in [0.4, 0.5) is 0 Å². The van der Waals surface area contributed by atoms with Crippen molar-refractivity contribution in [1.82, 2.24) is 0 Å². The number of rotatable bonds is 4. The Morgan fingerprint density at radius 2 is 2.33 bits per heavy atom. The highest BCUT2D eigenvalue weighted by Gasteiger charge is 1.89. The van der Waals surface area contributed by atoms with Crippen molar-refractivity contribution in [2.75, 3.05) is 0 Å². The number of hydrogen-bond acceptors (Lipinski definition) is 1. The number of carbonyl (C=O) groups excluding carboxylic acids is 1. The van der Waals surface area contributed by atoms with Gasteiger partial charge in [-0.15, -0.1) is 6.58 Å². The summed E-state index contributed by atoms with van der Waals surface area (Å²) in [4.78, 5) is 9.80. The smallest absolute Gasteiger partial charge is 0.142 e. The lowest BCUT2D eigenvalue weighted by atomic mass is 10.1. The van der Waals surface area contributed by atoms with Gasteiger partial charge in [-0.05, 0) is 18.4 Å². The fraction of sp³-hybridized carbons (Fsp3) is 0.375. The molecule has 9 heavy (non-hydrogen) atoms. The summed E-state index contributed by atoms with van der Waals surface area (Å²) in [5, 5.41) is 0. The highest BCUT2D eigenvalue weighted by Crippen LogP contribution is 2.02. The molecule has 0 saturated heterocycles. The van der Waals surface area contributed by atoms with Gasteiger partial charge in [-0.25, -0.2) is 0 Å². The van der Waals surface area contributed by atoms with E-state index in [9.17, 15) is 4.79 Å². The standard InChI is InChI=1S/C8H12O/c1-3-5-8(2)6-4-7-9/h3-4,6-8H,1,5H2,2H3. The van der Waals surface area contributed by atoms with Gasteiger partial charge in [-0.1, -0.05) is 19.1 Å². The van der Waals surface area contributed by atoms with E-state index < -0.39 is 0 Å². The Morgan fingerprint density at radius 1 is 1.67 bits per heavy atom. The summed E-state index contributed by atoms with van der Waals surface area (Å²) in [5.74, 6) is 0.438. The van der Waals surface area contributed by atoms with Crippen molar-refractivity contribution in [2.45, 2.75) is 13.3 Å². The van der Waals surface area contributed by atoms with Crippen LogP contribution >= 0.6 is 0 Å². The van der Waals surface area contributed by atoms with Crippen LogP contribution in [0.3, 0.4) is 0 Å². The normalized spacial score (nSPS) is 13.4. The van der Waals surface area contributed by atoms with Crippen LogP contribution in [0.2, 0.25) is 0 Å². The fourth-order valence-corrected chi connectivity index (χ4v) is 0.576. The average Bonchev–Trinajstić information content (AvgIpc) is 1.85. The van der Waals surface area contributed by atoms with Crippen molar-refractivity contribution in [3.8, 4) is 0 Å². The lowest BCUT2D eigenvalue weighted by Crippen LogP contribution is -1.84. The number of allylic oxidation sites excluding steroid dienone is 3. The van der Waals surface area contributed by atoms with Crippen LogP contribution in [0.25, 0.3) is 0 Å². The predicted molar refractivity (Wildman–Crippen MR) is 39.2 cm³/mol. The second kappa shape index (κ2) is 5.29. The van der Waals surface area contributed by atoms with Gasteiger partial charge in [0.25, 0.3) is 0 Å². The van der Waals surface area contributed by atoms with E-state index in [1.807, 2.05) is 19.1 Å². The van der Waals surface area contributed by atoms with Gasteiger partial charge < -0.3 is 0 Å². The maximum absolute atomic E-state index is 9.80. The summed E-state index contributed by atoms with van der Waals surface area (Å²) in [6.07, 6.45) is 6.96. The molecule has 0 radical (unpaired) electrons. The van der Waals surface area contributed by atoms with E-state index in [2.05, 4.69) is 6.58 Å². The highest BCUT2D eigenvalue weighted by molar-refractivity contribution is 5.64. The SMILES string of the molecule is C=CCC(C)C=CC=O. The van der Waals surface area contributed by atoms with Crippen LogP contribution in [0.1, 0.15) is 13.3 Å². The first-order chi connectivity index (χ1) is 4.31. The van der Waals surface area contributed by atoms with E-state index in [1.54, 1.807) is 0 Å². The molecule has 0 fully saturated rings. The molecule has 0 aliphatic carbocycles. The molecule has 1 nitrogen and oxygen atoms in total. The number of aldehydes is 1. The molecule has 0 aromatic carbocycles. The van der Waals surface area contributed by atoms with Crippen molar-refractivity contribution in [2.24, 2.45) is 5.92 Å². The van der Waals surface area contributed by atoms with Crippen LogP contribution < -0.4 is 0 Å². The first-order valence-electron chi connectivity index (χ1n) is 3.04. The van der Waals surface area contributed by atoms with Crippen molar-refractivity contribution >= 4 is 6.29 Å². The minimum atomic E-state index is 0.438. The third-order valence-electron chi connectivity index (χ3n) is 1.06. The number of carbonyl (C=O) groups is 1. The van der Waals surface area contributed by atoms with Crippen LogP contribution in [0.15, 0.2) is 24.8 Å². The van der Waals surface area contributed by atoms with Gasteiger partial charge in [0.1, 0.15) is 6.29 Å². The van der Waals surface area contributed by atoms with Crippen LogP contribution in [-0.2, 0) is 4.79 Å². The molecular formula is C8H12O. The topological polar surface area (TPSA) is 17.1 Å². The molecule has 0 aromatic rings. The van der Waals surface area contributed by atoms with Crippen molar-refractivity contribution in [1.29, 1.82) is 0 Å². The van der Waals surface area contributed by atoms with Gasteiger partial charge in [-0.3, -0.25) is 4.79 Å². The highest BCUT2D eigenvalue weighted by atomic mass is 16.1. The molecular weight excluding hydrogens is 112 g/mol. The Balaban J connectivity index is 3.47. The first kappa shape index (κ1) is 8.15. The second-order valence-electron chi connectivity index (χ2n) is 2.02. The molecule has 1 atom stereocenters. The molecule has 0 aromatic heterocycles. The molecule has 0 bridgehead atoms. The summed E-state index contributed by atoms with van der Waals surface area (Å²) in [7, 11) is 0. The lowest BCUT2D eigenvalue weighted by molar-refractivity contribution is -0.104. The zero-order valence-electron chi connectivity index (χ0n) is 5.71. The van der Waals surface area contributed by atoms with Gasteiger partial charge in [-0.2, -0.15) is 0 Å². The average molecular weight is 124 g/mol. The molecule has 1 heteroatoms. The first-order valence-corrected chi connectivity index (χ1v) is 3.04. The molecule has 50 valence electrons. The van der Waals surface area contributed by atoms with Gasteiger partial charge >= 0.3 is 0 Å². The molecule has 0 amide bonds. The van der Waals surface area contributed by atoms with E-state index >= 15 is 0 Å². The Morgan fingerprint density at radius 3 is 2.78 bits per heavy atom. The minimum absolute atomic E-state index is 0.438. The molecule has 0 aliphatic rings. The Bertz CT molecular complexity index is 114. The van der Waals surface area contributed by atoms with E-state index in [0.717, 1.165) is 12.7 Å². The summed E-state index contributed by atoms with van der Waals surface area (Å²) >= 11 is 0. The van der Waals surface area contributed by atoms with Crippen LogP contribution in [0.5, 0.6) is 0 Å². The number of hydrogen-bond donors (Lipinski definition) is 0. The Hall–Kier alpha value is -0.850. The van der Waals surface area contributed by atoms with E-state index in [1.165, 1.54) is 6.08 Å². The van der Waals surface area contributed by atoms with Crippen LogP contribution in [-0.4, -0.2) is 6.29 Å². The zero-order chi connectivity index (χ0) is 7.11. The predicted octanol–water partition coefficient (Wildman–Crippen LogP) is 1.95. The van der Waals surface area contributed by atoms with Crippen LogP contribution in [0, 0.1) is 5.92 Å². The largest absolute Gasteiger partial charge is 0.299 e. The molecule has 0 aliphatic heterocycles. The zero-order valence-corrected chi connectivity index (χ0v) is 5.71. The van der Waals surface area contributed by atoms with Crippen molar-refractivity contribution in [3.05, 3.63) is 24.8 Å². The Kier molecular flexibility index (Phi) is 4.79. The van der Waals surface area contributed by atoms with Gasteiger partial charge in [0.05, 0.1) is 0 Å².